The summed E-state index contributed by atoms with van der Waals surface area (Å²) in [4.78, 5) is 51.4. The number of aromatic amines is 1. The number of thiophene rings is 1. The van der Waals surface area contributed by atoms with Crippen molar-refractivity contribution in [2.75, 3.05) is 5.73 Å². The number of imidazole rings is 1. The van der Waals surface area contributed by atoms with Crippen molar-refractivity contribution in [2.45, 2.75) is 37.1 Å². The average Bonchev–Trinajstić information content (AvgIpc) is 3.40. The number of anilines is 1. The molecule has 18 heteroatoms. The van der Waals surface area contributed by atoms with Crippen molar-refractivity contribution < 1.29 is 38.7 Å². The maximum absolute atomic E-state index is 12.0. The third-order valence-corrected chi connectivity index (χ3v) is 6.47. The summed E-state index contributed by atoms with van der Waals surface area (Å²) in [6.07, 6.45) is -6.85. The van der Waals surface area contributed by atoms with Crippen LogP contribution in [0.3, 0.4) is 0 Å². The van der Waals surface area contributed by atoms with Crippen molar-refractivity contribution in [3.63, 3.8) is 0 Å². The van der Waals surface area contributed by atoms with Crippen LogP contribution in [0.15, 0.2) is 23.3 Å². The van der Waals surface area contributed by atoms with Gasteiger partial charge < -0.3 is 30.5 Å². The van der Waals surface area contributed by atoms with Gasteiger partial charge in [-0.3, -0.25) is 29.0 Å². The molecule has 1 unspecified atom stereocenters. The van der Waals surface area contributed by atoms with Crippen LogP contribution in [0, 0.1) is 10.1 Å². The van der Waals surface area contributed by atoms with Crippen molar-refractivity contribution in [1.82, 2.24) is 19.5 Å². The highest BCUT2D eigenvalue weighted by molar-refractivity contribution is 7.46. The Bertz CT molecular complexity index is 1300. The van der Waals surface area contributed by atoms with E-state index in [1.54, 1.807) is 0 Å². The number of hydrogen-bond acceptors (Lipinski definition) is 12. The molecule has 1 saturated heterocycles. The first-order chi connectivity index (χ1) is 15.4. The summed E-state index contributed by atoms with van der Waals surface area (Å²) >= 11 is 0.751. The summed E-state index contributed by atoms with van der Waals surface area (Å²) in [5, 5.41) is 31.9. The van der Waals surface area contributed by atoms with E-state index in [1.165, 1.54) is 12.1 Å². The van der Waals surface area contributed by atoms with Gasteiger partial charge in [-0.2, -0.15) is 4.98 Å². The van der Waals surface area contributed by atoms with Crippen LogP contribution in [-0.4, -0.2) is 68.9 Å². The first kappa shape index (κ1) is 23.4. The molecular weight excluding hydrogens is 487 g/mol. The van der Waals surface area contributed by atoms with E-state index < -0.39 is 48.9 Å². The minimum Gasteiger partial charge on any atom is -0.387 e. The van der Waals surface area contributed by atoms with E-state index in [-0.39, 0.29) is 28.5 Å². The van der Waals surface area contributed by atoms with Gasteiger partial charge in [0.1, 0.15) is 24.4 Å². The molecular formula is C15H17N6O10PS. The molecule has 178 valence electrons. The minimum atomic E-state index is -5.10. The number of aromatic nitrogens is 4. The molecule has 0 radical (unpaired) electrons. The van der Waals surface area contributed by atoms with Crippen LogP contribution in [0.1, 0.15) is 11.1 Å². The van der Waals surface area contributed by atoms with Crippen LogP contribution in [0.2, 0.25) is 0 Å². The Labute approximate surface area is 186 Å². The molecule has 0 bridgehead atoms. The zero-order valence-corrected chi connectivity index (χ0v) is 18.0. The largest absolute Gasteiger partial charge is 0.469 e. The fourth-order valence-electron chi connectivity index (χ4n) is 3.51. The minimum absolute atomic E-state index is 0.0607. The second-order valence-electron chi connectivity index (χ2n) is 7.08. The molecule has 0 saturated carbocycles. The number of nitrogens with one attached hydrogen (secondary N) is 1. The number of phosphoric ester groups is 1. The van der Waals surface area contributed by atoms with Gasteiger partial charge in [0.05, 0.1) is 11.3 Å². The normalized spacial score (nSPS) is 24.4. The van der Waals surface area contributed by atoms with E-state index in [0.29, 0.717) is 4.88 Å². The summed E-state index contributed by atoms with van der Waals surface area (Å²) in [5.74, 6) is -0.235. The van der Waals surface area contributed by atoms with Gasteiger partial charge in [-0.05, 0) is 6.07 Å². The summed E-state index contributed by atoms with van der Waals surface area (Å²) in [5.41, 5.74) is 4.72. The SMILES string of the molecule is Nc1nc2c(ncn2[C@@H]2O[C@H](C(Cc3ccc([N+](=O)[O-])s3)OP(=O)(O)O)[C@@H](O)[C@H]2O)c(=O)[nH]1. The molecule has 3 aromatic heterocycles. The van der Waals surface area contributed by atoms with E-state index in [0.717, 1.165) is 22.2 Å². The molecule has 0 spiro atoms. The summed E-state index contributed by atoms with van der Waals surface area (Å²) in [6, 6.07) is 2.58. The lowest BCUT2D eigenvalue weighted by Crippen LogP contribution is -2.40. The second-order valence-corrected chi connectivity index (χ2v) is 9.42. The predicted molar refractivity (Wildman–Crippen MR) is 110 cm³/mol. The highest BCUT2D eigenvalue weighted by Gasteiger charge is 2.49. The van der Waals surface area contributed by atoms with Crippen LogP contribution >= 0.6 is 19.2 Å². The Morgan fingerprint density at radius 2 is 2.12 bits per heavy atom. The lowest BCUT2D eigenvalue weighted by Gasteiger charge is -2.25. The third-order valence-electron chi connectivity index (χ3n) is 4.87. The number of rotatable bonds is 7. The molecule has 7 N–H and O–H groups in total. The Hall–Kier alpha value is -2.76. The molecule has 33 heavy (non-hydrogen) atoms. The zero-order chi connectivity index (χ0) is 24.1. The number of aliphatic hydroxyl groups is 2. The summed E-state index contributed by atoms with van der Waals surface area (Å²) in [7, 11) is -5.10. The van der Waals surface area contributed by atoms with Crippen molar-refractivity contribution in [2.24, 2.45) is 0 Å². The first-order valence-corrected chi connectivity index (χ1v) is 11.5. The summed E-state index contributed by atoms with van der Waals surface area (Å²) < 4.78 is 23.2. The van der Waals surface area contributed by atoms with Crippen molar-refractivity contribution >= 4 is 41.3 Å². The number of H-pyrrole nitrogens is 1. The monoisotopic (exact) mass is 504 g/mol. The first-order valence-electron chi connectivity index (χ1n) is 9.15. The average molecular weight is 504 g/mol. The number of aliphatic hydroxyl groups excluding tert-OH is 2. The highest BCUT2D eigenvalue weighted by Crippen LogP contribution is 2.43. The quantitative estimate of drug-likeness (QED) is 0.129. The molecule has 0 aromatic carbocycles. The molecule has 0 aliphatic carbocycles. The van der Waals surface area contributed by atoms with Gasteiger partial charge in [0, 0.05) is 17.4 Å². The molecule has 1 aliphatic rings. The van der Waals surface area contributed by atoms with Gasteiger partial charge in [-0.25, -0.2) is 9.55 Å². The number of hydrogen-bond donors (Lipinski definition) is 6. The van der Waals surface area contributed by atoms with Crippen molar-refractivity contribution in [1.29, 1.82) is 0 Å². The number of nitrogens with two attached hydrogens (primary N) is 1. The van der Waals surface area contributed by atoms with E-state index >= 15 is 0 Å². The molecule has 1 aliphatic heterocycles. The molecule has 4 rings (SSSR count). The fourth-order valence-corrected chi connectivity index (χ4v) is 4.92. The van der Waals surface area contributed by atoms with Crippen LogP contribution in [0.5, 0.6) is 0 Å². The Balaban J connectivity index is 1.66. The fraction of sp³-hybridized carbons (Fsp3) is 0.400. The Morgan fingerprint density at radius 1 is 1.39 bits per heavy atom. The van der Waals surface area contributed by atoms with E-state index in [1.807, 2.05) is 0 Å². The Morgan fingerprint density at radius 3 is 2.76 bits per heavy atom. The van der Waals surface area contributed by atoms with Gasteiger partial charge in [0.2, 0.25) is 5.95 Å². The molecule has 16 nitrogen and oxygen atoms in total. The number of nitrogens with zero attached hydrogens (tertiary/aromatic N) is 4. The third kappa shape index (κ3) is 4.66. The van der Waals surface area contributed by atoms with Gasteiger partial charge >= 0.3 is 12.8 Å². The van der Waals surface area contributed by atoms with Crippen molar-refractivity contribution in [3.8, 4) is 0 Å². The van der Waals surface area contributed by atoms with Crippen molar-refractivity contribution in [3.05, 3.63) is 43.8 Å². The predicted octanol–water partition coefficient (Wildman–Crippen LogP) is -0.989. The lowest BCUT2D eigenvalue weighted by atomic mass is 10.0. The van der Waals surface area contributed by atoms with Gasteiger partial charge in [0.15, 0.2) is 17.4 Å². The maximum atomic E-state index is 12.0. The highest BCUT2D eigenvalue weighted by atomic mass is 32.1. The number of phosphoric acid groups is 1. The smallest absolute Gasteiger partial charge is 0.387 e. The van der Waals surface area contributed by atoms with Crippen LogP contribution in [-0.2, 0) is 20.2 Å². The molecule has 5 atom stereocenters. The summed E-state index contributed by atoms with van der Waals surface area (Å²) in [6.45, 7) is 0. The van der Waals surface area contributed by atoms with Gasteiger partial charge in [-0.15, -0.1) is 0 Å². The molecule has 4 heterocycles. The van der Waals surface area contributed by atoms with Crippen LogP contribution < -0.4 is 11.3 Å². The molecule has 0 amide bonds. The number of nitrogen functional groups attached to an aromatic ring is 1. The van der Waals surface area contributed by atoms with E-state index in [9.17, 15) is 39.5 Å². The van der Waals surface area contributed by atoms with Crippen LogP contribution in [0.25, 0.3) is 11.2 Å². The Kier molecular flexibility index (Phi) is 6.06. The zero-order valence-electron chi connectivity index (χ0n) is 16.3. The molecule has 3 aromatic rings. The van der Waals surface area contributed by atoms with Crippen LogP contribution in [0.4, 0.5) is 10.9 Å². The number of nitro groups is 1. The number of ether oxygens (including phenoxy) is 1. The van der Waals surface area contributed by atoms with Gasteiger partial charge in [0.25, 0.3) is 5.56 Å². The van der Waals surface area contributed by atoms with E-state index in [2.05, 4.69) is 15.0 Å². The second kappa shape index (κ2) is 8.54. The van der Waals surface area contributed by atoms with Gasteiger partial charge in [-0.1, -0.05) is 11.3 Å². The number of fused-ring (bicyclic) bond motifs is 1. The lowest BCUT2D eigenvalue weighted by molar-refractivity contribution is -0.380. The standard InChI is InChI=1S/C15H17N6O10PS/c16-15-18-12-8(13(24)19-15)17-4-20(12)14-10(23)9(22)11(30-14)6(31-32(27,28)29)3-5-1-2-7(33-5)21(25)26/h1-2,4,6,9-11,14,22-23H,3H2,(H2,27,28,29)(H3,16,18,19,24)/t6?,9-,10+,11+,14+/m0/s1. The topological polar surface area (TPSA) is 249 Å². The maximum Gasteiger partial charge on any atom is 0.469 e. The molecule has 1 fully saturated rings. The van der Waals surface area contributed by atoms with E-state index in [4.69, 9.17) is 15.0 Å².